The number of amides is 1. The van der Waals surface area contributed by atoms with Crippen LogP contribution in [0.2, 0.25) is 5.02 Å². The van der Waals surface area contributed by atoms with Crippen molar-refractivity contribution in [3.05, 3.63) is 57.0 Å². The summed E-state index contributed by atoms with van der Waals surface area (Å²) in [7, 11) is 0. The van der Waals surface area contributed by atoms with Gasteiger partial charge in [0.2, 0.25) is 5.43 Å². The first-order valence-corrected chi connectivity index (χ1v) is 5.53. The van der Waals surface area contributed by atoms with Crippen molar-refractivity contribution >= 4 is 17.5 Å². The maximum absolute atomic E-state index is 11.5. The Balaban J connectivity index is 2.64. The molecule has 6 heteroatoms. The lowest BCUT2D eigenvalue weighted by Gasteiger charge is -2.10. The summed E-state index contributed by atoms with van der Waals surface area (Å²) in [6, 6.07) is 8.18. The van der Waals surface area contributed by atoms with Crippen LogP contribution >= 0.6 is 11.6 Å². The first-order chi connectivity index (χ1) is 8.49. The molecule has 18 heavy (non-hydrogen) atoms. The van der Waals surface area contributed by atoms with E-state index in [1.165, 1.54) is 10.7 Å². The van der Waals surface area contributed by atoms with Gasteiger partial charge in [-0.3, -0.25) is 9.59 Å². The topological polar surface area (TPSA) is 78.0 Å². The number of carbonyl (C=O) groups is 1. The zero-order valence-corrected chi connectivity index (χ0v) is 10.3. The Morgan fingerprint density at radius 3 is 2.50 bits per heavy atom. The number of carbonyl (C=O) groups excluding carboxylic acids is 1. The summed E-state index contributed by atoms with van der Waals surface area (Å²) in [6.07, 6.45) is 0. The number of hydrogen-bond donors (Lipinski definition) is 1. The Labute approximate surface area is 108 Å². The van der Waals surface area contributed by atoms with E-state index in [-0.39, 0.29) is 5.69 Å². The summed E-state index contributed by atoms with van der Waals surface area (Å²) in [5.74, 6) is -0.845. The third kappa shape index (κ3) is 2.26. The molecule has 0 unspecified atom stereocenters. The number of nitrogens with zero attached hydrogens (tertiary/aromatic N) is 2. The smallest absolute Gasteiger partial charge is 0.273 e. The molecule has 5 nitrogen and oxygen atoms in total. The van der Waals surface area contributed by atoms with Gasteiger partial charge in [0.25, 0.3) is 5.91 Å². The average molecular weight is 264 g/mol. The molecule has 1 amide bonds. The summed E-state index contributed by atoms with van der Waals surface area (Å²) >= 11 is 5.79. The van der Waals surface area contributed by atoms with Gasteiger partial charge in [0.1, 0.15) is 0 Å². The van der Waals surface area contributed by atoms with Crippen LogP contribution in [0.5, 0.6) is 0 Å². The van der Waals surface area contributed by atoms with Crippen molar-refractivity contribution in [1.82, 2.24) is 9.78 Å². The molecule has 0 aliphatic carbocycles. The van der Waals surface area contributed by atoms with Crippen molar-refractivity contribution in [2.45, 2.75) is 6.92 Å². The summed E-state index contributed by atoms with van der Waals surface area (Å²) in [4.78, 5) is 22.6. The molecular formula is C12H10ClN3O2. The number of rotatable bonds is 2. The minimum absolute atomic E-state index is 0.282. The predicted octanol–water partition coefficient (Wildman–Crippen LogP) is 1.29. The maximum Gasteiger partial charge on any atom is 0.273 e. The molecule has 92 valence electrons. The molecule has 0 saturated carbocycles. The molecule has 2 rings (SSSR count). The first-order valence-electron chi connectivity index (χ1n) is 5.16. The SMILES string of the molecule is Cc1cc(=O)c(C(N)=O)nn1-c1ccc(Cl)cc1. The second-order valence-corrected chi connectivity index (χ2v) is 4.19. The van der Waals surface area contributed by atoms with E-state index in [1.54, 1.807) is 31.2 Å². The fraction of sp³-hybridized carbons (Fsp3) is 0.0833. The summed E-state index contributed by atoms with van der Waals surface area (Å²) in [6.45, 7) is 1.72. The molecule has 1 heterocycles. The number of nitrogens with two attached hydrogens (primary N) is 1. The van der Waals surface area contributed by atoms with Crippen LogP contribution in [-0.4, -0.2) is 15.7 Å². The zero-order chi connectivity index (χ0) is 13.3. The lowest BCUT2D eigenvalue weighted by atomic mass is 10.3. The Morgan fingerprint density at radius 2 is 1.94 bits per heavy atom. The van der Waals surface area contributed by atoms with Crippen LogP contribution in [0.25, 0.3) is 5.69 Å². The summed E-state index contributed by atoms with van der Waals surface area (Å²) in [5.41, 5.74) is 5.63. The fourth-order valence-electron chi connectivity index (χ4n) is 1.56. The van der Waals surface area contributed by atoms with Crippen LogP contribution in [0.4, 0.5) is 0 Å². The lowest BCUT2D eigenvalue weighted by molar-refractivity contribution is 0.0993. The van der Waals surface area contributed by atoms with Crippen molar-refractivity contribution in [1.29, 1.82) is 0 Å². The van der Waals surface area contributed by atoms with Crippen molar-refractivity contribution < 1.29 is 4.79 Å². The molecule has 0 aliphatic rings. The number of aromatic nitrogens is 2. The standard InChI is InChI=1S/C12H10ClN3O2/c1-7-6-10(17)11(12(14)18)15-16(7)9-4-2-8(13)3-5-9/h2-6H,1H3,(H2,14,18). The largest absolute Gasteiger partial charge is 0.364 e. The molecule has 0 fully saturated rings. The molecule has 0 saturated heterocycles. The monoisotopic (exact) mass is 263 g/mol. The predicted molar refractivity (Wildman–Crippen MR) is 68.1 cm³/mol. The number of hydrogen-bond acceptors (Lipinski definition) is 3. The van der Waals surface area contributed by atoms with Gasteiger partial charge in [-0.2, -0.15) is 5.10 Å². The molecule has 1 aromatic carbocycles. The number of halogens is 1. The van der Waals surface area contributed by atoms with Crippen LogP contribution in [-0.2, 0) is 0 Å². The Kier molecular flexibility index (Phi) is 3.16. The summed E-state index contributed by atoms with van der Waals surface area (Å²) < 4.78 is 1.47. The highest BCUT2D eigenvalue weighted by atomic mass is 35.5. The normalized spacial score (nSPS) is 10.3. The Hall–Kier alpha value is -2.14. The molecular weight excluding hydrogens is 254 g/mol. The molecule has 0 aliphatic heterocycles. The van der Waals surface area contributed by atoms with Gasteiger partial charge in [-0.25, -0.2) is 4.68 Å². The number of primary amides is 1. The van der Waals surface area contributed by atoms with Gasteiger partial charge in [-0.1, -0.05) is 11.6 Å². The van der Waals surface area contributed by atoms with Gasteiger partial charge in [0.15, 0.2) is 5.69 Å². The van der Waals surface area contributed by atoms with Gasteiger partial charge in [0, 0.05) is 16.8 Å². The number of benzene rings is 1. The second kappa shape index (κ2) is 4.62. The van der Waals surface area contributed by atoms with Gasteiger partial charge in [0.05, 0.1) is 5.69 Å². The van der Waals surface area contributed by atoms with Crippen LogP contribution in [0.15, 0.2) is 35.1 Å². The van der Waals surface area contributed by atoms with Gasteiger partial charge < -0.3 is 5.73 Å². The van der Waals surface area contributed by atoms with Gasteiger partial charge in [-0.15, -0.1) is 0 Å². The fourth-order valence-corrected chi connectivity index (χ4v) is 1.69. The molecule has 0 bridgehead atoms. The van der Waals surface area contributed by atoms with Crippen LogP contribution in [0.3, 0.4) is 0 Å². The van der Waals surface area contributed by atoms with E-state index in [4.69, 9.17) is 17.3 Å². The van der Waals surface area contributed by atoms with Crippen LogP contribution in [0, 0.1) is 6.92 Å². The minimum Gasteiger partial charge on any atom is -0.364 e. The molecule has 0 radical (unpaired) electrons. The molecule has 2 N–H and O–H groups in total. The molecule has 0 spiro atoms. The second-order valence-electron chi connectivity index (χ2n) is 3.75. The highest BCUT2D eigenvalue weighted by molar-refractivity contribution is 6.30. The van der Waals surface area contributed by atoms with Crippen molar-refractivity contribution in [2.75, 3.05) is 0 Å². The van der Waals surface area contributed by atoms with E-state index >= 15 is 0 Å². The van der Waals surface area contributed by atoms with Crippen LogP contribution in [0.1, 0.15) is 16.2 Å². The maximum atomic E-state index is 11.5. The Morgan fingerprint density at radius 1 is 1.33 bits per heavy atom. The third-order valence-corrected chi connectivity index (χ3v) is 2.66. The highest BCUT2D eigenvalue weighted by Gasteiger charge is 2.11. The van der Waals surface area contributed by atoms with Crippen molar-refractivity contribution in [3.63, 3.8) is 0 Å². The van der Waals surface area contributed by atoms with E-state index in [0.29, 0.717) is 16.4 Å². The van der Waals surface area contributed by atoms with Gasteiger partial charge >= 0.3 is 0 Å². The highest BCUT2D eigenvalue weighted by Crippen LogP contribution is 2.13. The van der Waals surface area contributed by atoms with E-state index in [1.807, 2.05) is 0 Å². The van der Waals surface area contributed by atoms with E-state index in [0.717, 1.165) is 0 Å². The molecule has 0 atom stereocenters. The van der Waals surface area contributed by atoms with E-state index < -0.39 is 11.3 Å². The van der Waals surface area contributed by atoms with Crippen molar-refractivity contribution in [2.24, 2.45) is 5.73 Å². The van der Waals surface area contributed by atoms with Crippen LogP contribution < -0.4 is 11.2 Å². The molecule has 1 aromatic heterocycles. The number of aryl methyl sites for hydroxylation is 1. The van der Waals surface area contributed by atoms with Crippen molar-refractivity contribution in [3.8, 4) is 5.69 Å². The quantitative estimate of drug-likeness (QED) is 0.887. The summed E-state index contributed by atoms with van der Waals surface area (Å²) in [5, 5.41) is 4.55. The Bertz CT molecular complexity index is 662. The molecule has 2 aromatic rings. The minimum atomic E-state index is -0.845. The lowest BCUT2D eigenvalue weighted by Crippen LogP contribution is -2.27. The van der Waals surface area contributed by atoms with E-state index in [2.05, 4.69) is 5.10 Å². The van der Waals surface area contributed by atoms with Gasteiger partial charge in [-0.05, 0) is 31.2 Å². The third-order valence-electron chi connectivity index (χ3n) is 2.41. The van der Waals surface area contributed by atoms with E-state index in [9.17, 15) is 9.59 Å². The average Bonchev–Trinajstić information content (AvgIpc) is 2.30. The first kappa shape index (κ1) is 12.3. The zero-order valence-electron chi connectivity index (χ0n) is 9.55.